The van der Waals surface area contributed by atoms with E-state index in [9.17, 15) is 43.2 Å². The summed E-state index contributed by atoms with van der Waals surface area (Å²) in [5, 5.41) is 10.6. The molecule has 0 bridgehead atoms. The van der Waals surface area contributed by atoms with E-state index >= 15 is 0 Å². The number of carbonyl (C=O) groups is 4. The van der Waals surface area contributed by atoms with Gasteiger partial charge in [-0.3, -0.25) is 37.3 Å². The first kappa shape index (κ1) is 97.1. The minimum Gasteiger partial charge on any atom is -0.462 e. The molecule has 0 radical (unpaired) electrons. The Morgan fingerprint density at radius 3 is 0.717 bits per heavy atom. The van der Waals surface area contributed by atoms with Crippen LogP contribution >= 0.6 is 15.6 Å². The molecule has 0 aliphatic heterocycles. The molecule has 0 rings (SSSR count). The Labute approximate surface area is 607 Å². The van der Waals surface area contributed by atoms with Crippen LogP contribution in [0.3, 0.4) is 0 Å². The molecule has 0 aliphatic carbocycles. The van der Waals surface area contributed by atoms with Crippen molar-refractivity contribution in [3.63, 3.8) is 0 Å². The summed E-state index contributed by atoms with van der Waals surface area (Å²) >= 11 is 0. The number of hydrogen-bond acceptors (Lipinski definition) is 15. The number of carbonyl (C=O) groups excluding carboxylic acids is 4. The predicted octanol–water partition coefficient (Wildman–Crippen LogP) is 23.6. The van der Waals surface area contributed by atoms with Gasteiger partial charge in [-0.2, -0.15) is 0 Å². The maximum atomic E-state index is 13.1. The van der Waals surface area contributed by atoms with Crippen LogP contribution in [0.1, 0.15) is 409 Å². The fourth-order valence-electron chi connectivity index (χ4n) is 12.2. The molecule has 588 valence electrons. The van der Waals surface area contributed by atoms with Gasteiger partial charge in [0.2, 0.25) is 0 Å². The molecule has 0 aromatic carbocycles. The van der Waals surface area contributed by atoms with Crippen molar-refractivity contribution in [2.45, 2.75) is 427 Å². The van der Waals surface area contributed by atoms with Crippen LogP contribution in [-0.2, 0) is 65.4 Å². The van der Waals surface area contributed by atoms with Crippen molar-refractivity contribution in [1.82, 2.24) is 0 Å². The zero-order chi connectivity index (χ0) is 73.1. The van der Waals surface area contributed by atoms with Crippen LogP contribution in [0.2, 0.25) is 0 Å². The molecule has 0 aliphatic rings. The molecular formula is C80H156O17P2. The minimum absolute atomic E-state index is 0.104. The quantitative estimate of drug-likeness (QED) is 0.0222. The van der Waals surface area contributed by atoms with Crippen molar-refractivity contribution in [3.8, 4) is 0 Å². The SMILES string of the molecule is CCC(C)CCCCCCCCCCCCCCCCCCCCC(=O)O[C@H](COC(=O)CCCCCCCCCCCCC(C)CC)COP(=O)(O)OCC(O)COP(=O)(O)OC[C@@H](COC(=O)CCCCCCCCCCC(C)C)OC(=O)CCCCCCCCCCC(C)CC. The van der Waals surface area contributed by atoms with E-state index in [2.05, 4.69) is 55.4 Å². The third kappa shape index (κ3) is 70.2. The Bertz CT molecular complexity index is 1940. The van der Waals surface area contributed by atoms with Gasteiger partial charge < -0.3 is 33.8 Å². The topological polar surface area (TPSA) is 237 Å². The monoisotopic (exact) mass is 1450 g/mol. The highest BCUT2D eigenvalue weighted by Crippen LogP contribution is 2.45. The molecular weight excluding hydrogens is 1290 g/mol. The summed E-state index contributed by atoms with van der Waals surface area (Å²) in [7, 11) is -9.92. The molecule has 0 heterocycles. The lowest BCUT2D eigenvalue weighted by molar-refractivity contribution is -0.161. The van der Waals surface area contributed by atoms with Crippen molar-refractivity contribution in [3.05, 3.63) is 0 Å². The van der Waals surface area contributed by atoms with E-state index in [4.69, 9.17) is 37.0 Å². The summed E-state index contributed by atoms with van der Waals surface area (Å²) in [6.45, 7) is 14.3. The number of esters is 4. The van der Waals surface area contributed by atoms with Crippen molar-refractivity contribution in [1.29, 1.82) is 0 Å². The normalized spacial score (nSPS) is 14.9. The molecule has 99 heavy (non-hydrogen) atoms. The Morgan fingerprint density at radius 2 is 0.485 bits per heavy atom. The molecule has 0 aromatic rings. The van der Waals surface area contributed by atoms with Gasteiger partial charge in [-0.1, -0.05) is 357 Å². The predicted molar refractivity (Wildman–Crippen MR) is 404 cm³/mol. The highest BCUT2D eigenvalue weighted by Gasteiger charge is 2.30. The smallest absolute Gasteiger partial charge is 0.462 e. The number of unbranched alkanes of at least 4 members (excludes halogenated alkanes) is 40. The lowest BCUT2D eigenvalue weighted by Crippen LogP contribution is -2.30. The third-order valence-corrected chi connectivity index (χ3v) is 21.6. The molecule has 8 atom stereocenters. The van der Waals surface area contributed by atoms with Gasteiger partial charge in [0, 0.05) is 25.7 Å². The zero-order valence-electron chi connectivity index (χ0n) is 65.1. The number of ether oxygens (including phenoxy) is 4. The minimum atomic E-state index is -4.96. The van der Waals surface area contributed by atoms with E-state index in [1.807, 2.05) is 0 Å². The molecule has 0 saturated carbocycles. The molecule has 0 amide bonds. The fraction of sp³-hybridized carbons (Fsp3) is 0.950. The molecule has 6 unspecified atom stereocenters. The number of phosphoric ester groups is 2. The zero-order valence-corrected chi connectivity index (χ0v) is 66.9. The van der Waals surface area contributed by atoms with E-state index in [-0.39, 0.29) is 25.7 Å². The fourth-order valence-corrected chi connectivity index (χ4v) is 13.7. The summed E-state index contributed by atoms with van der Waals surface area (Å²) in [5.74, 6) is 1.06. The van der Waals surface area contributed by atoms with Crippen molar-refractivity contribution >= 4 is 39.5 Å². The van der Waals surface area contributed by atoms with E-state index in [1.54, 1.807) is 0 Å². The largest absolute Gasteiger partial charge is 0.472 e. The number of hydrogen-bond donors (Lipinski definition) is 3. The van der Waals surface area contributed by atoms with Gasteiger partial charge in [0.15, 0.2) is 12.2 Å². The molecule has 0 spiro atoms. The van der Waals surface area contributed by atoms with Crippen LogP contribution in [0.5, 0.6) is 0 Å². The second-order valence-corrected chi connectivity index (χ2v) is 32.9. The number of rotatable bonds is 77. The summed E-state index contributed by atoms with van der Waals surface area (Å²) in [6.07, 6.45) is 55.5. The summed E-state index contributed by atoms with van der Waals surface area (Å²) in [6, 6.07) is 0. The Morgan fingerprint density at radius 1 is 0.283 bits per heavy atom. The standard InChI is InChI=1S/C80H156O17P2/c1-9-71(6)57-49-41-33-24-20-18-16-14-12-13-15-17-19-21-27-38-46-54-62-79(84)96-75(66-90-77(82)60-52-44-36-26-23-22-25-34-42-50-58-72(7)10-2)68-94-98(86,87)92-64-74(81)65-93-99(88,89)95-69-76(67-91-78(83)61-53-45-37-30-28-32-40-48-56-70(4)5)97-80(85)63-55-47-39-31-29-35-43-51-59-73(8)11-3/h70-76,81H,9-69H2,1-8H3,(H,86,87)(H,88,89)/t71?,72?,73?,74?,75-,76-/m1/s1. The van der Waals surface area contributed by atoms with Crippen molar-refractivity contribution in [2.75, 3.05) is 39.6 Å². The van der Waals surface area contributed by atoms with Crippen LogP contribution in [0.15, 0.2) is 0 Å². The first-order valence-electron chi connectivity index (χ1n) is 41.3. The maximum Gasteiger partial charge on any atom is 0.472 e. The Hall–Kier alpha value is -1.94. The Balaban J connectivity index is 5.22. The lowest BCUT2D eigenvalue weighted by Gasteiger charge is -2.21. The highest BCUT2D eigenvalue weighted by molar-refractivity contribution is 7.47. The van der Waals surface area contributed by atoms with Crippen molar-refractivity contribution < 1.29 is 80.2 Å². The Kier molecular flexibility index (Phi) is 67.8. The van der Waals surface area contributed by atoms with Gasteiger partial charge >= 0.3 is 39.5 Å². The van der Waals surface area contributed by atoms with Crippen molar-refractivity contribution in [2.24, 2.45) is 23.7 Å². The van der Waals surface area contributed by atoms with E-state index in [1.165, 1.54) is 212 Å². The molecule has 0 fully saturated rings. The van der Waals surface area contributed by atoms with Gasteiger partial charge in [0.25, 0.3) is 0 Å². The molecule has 0 saturated heterocycles. The van der Waals surface area contributed by atoms with Crippen LogP contribution in [0.25, 0.3) is 0 Å². The number of aliphatic hydroxyl groups excluding tert-OH is 1. The van der Waals surface area contributed by atoms with Gasteiger partial charge in [-0.15, -0.1) is 0 Å². The summed E-state index contributed by atoms with van der Waals surface area (Å²) in [4.78, 5) is 73.0. The average molecular weight is 1450 g/mol. The summed E-state index contributed by atoms with van der Waals surface area (Å²) < 4.78 is 68.7. The van der Waals surface area contributed by atoms with Gasteiger partial charge in [-0.25, -0.2) is 9.13 Å². The van der Waals surface area contributed by atoms with Crippen LogP contribution < -0.4 is 0 Å². The molecule has 17 nitrogen and oxygen atoms in total. The number of phosphoric acid groups is 2. The van der Waals surface area contributed by atoms with E-state index in [0.29, 0.717) is 25.7 Å². The van der Waals surface area contributed by atoms with Crippen LogP contribution in [-0.4, -0.2) is 96.7 Å². The second-order valence-electron chi connectivity index (χ2n) is 30.0. The van der Waals surface area contributed by atoms with E-state index in [0.717, 1.165) is 114 Å². The summed E-state index contributed by atoms with van der Waals surface area (Å²) in [5.41, 5.74) is 0. The highest BCUT2D eigenvalue weighted by atomic mass is 31.2. The molecule has 19 heteroatoms. The average Bonchev–Trinajstić information content (AvgIpc) is 3.03. The first-order chi connectivity index (χ1) is 47.7. The first-order valence-corrected chi connectivity index (χ1v) is 44.3. The van der Waals surface area contributed by atoms with Crippen LogP contribution in [0.4, 0.5) is 0 Å². The van der Waals surface area contributed by atoms with Crippen LogP contribution in [0, 0.1) is 23.7 Å². The number of aliphatic hydroxyl groups is 1. The van der Waals surface area contributed by atoms with Gasteiger partial charge in [-0.05, 0) is 49.4 Å². The van der Waals surface area contributed by atoms with Gasteiger partial charge in [0.1, 0.15) is 19.3 Å². The third-order valence-electron chi connectivity index (χ3n) is 19.7. The molecule has 3 N–H and O–H groups in total. The van der Waals surface area contributed by atoms with Gasteiger partial charge in [0.05, 0.1) is 26.4 Å². The second kappa shape index (κ2) is 69.1. The maximum absolute atomic E-state index is 13.1. The van der Waals surface area contributed by atoms with E-state index < -0.39 is 97.5 Å². The lowest BCUT2D eigenvalue weighted by atomic mass is 9.99. The molecule has 0 aromatic heterocycles.